The number of ether oxygens (including phenoxy) is 2. The number of nitrogens with one attached hydrogen (secondary N) is 1. The zero-order chi connectivity index (χ0) is 27.8. The minimum atomic E-state index is -0.247. The van der Waals surface area contributed by atoms with Crippen molar-refractivity contribution in [3.63, 3.8) is 0 Å². The maximum absolute atomic E-state index is 14.3. The Bertz CT molecular complexity index is 1180. The van der Waals surface area contributed by atoms with E-state index in [1.165, 1.54) is 12.1 Å². The van der Waals surface area contributed by atoms with Gasteiger partial charge in [0.1, 0.15) is 18.1 Å². The van der Waals surface area contributed by atoms with Crippen molar-refractivity contribution in [2.75, 3.05) is 50.9 Å². The SMILES string of the molecule is C[C@@H]1CN(CC(=O)N2c3cc(Cc4ccc(F)cc4)cnc3OC[C@@H]2C2CC2)[C@@H](CN2[C@H](C)COC[C@H]2C)CN1. The monoisotopic (exact) mass is 551 g/mol. The number of hydrogen-bond donors (Lipinski definition) is 1. The Hall–Kier alpha value is -2.59. The molecule has 0 spiro atoms. The summed E-state index contributed by atoms with van der Waals surface area (Å²) in [6.45, 7) is 11.6. The van der Waals surface area contributed by atoms with Gasteiger partial charge in [-0.05, 0) is 75.3 Å². The Morgan fingerprint density at radius 3 is 2.55 bits per heavy atom. The highest BCUT2D eigenvalue weighted by Gasteiger charge is 2.43. The number of anilines is 1. The van der Waals surface area contributed by atoms with Crippen LogP contribution in [0.3, 0.4) is 0 Å². The Morgan fingerprint density at radius 2 is 1.82 bits per heavy atom. The number of rotatable bonds is 7. The number of morpholine rings is 1. The first-order valence-corrected chi connectivity index (χ1v) is 14.8. The van der Waals surface area contributed by atoms with E-state index >= 15 is 0 Å². The number of fused-ring (bicyclic) bond motifs is 1. The van der Waals surface area contributed by atoms with E-state index in [-0.39, 0.29) is 23.8 Å². The van der Waals surface area contributed by atoms with Gasteiger partial charge in [0, 0.05) is 50.0 Å². The van der Waals surface area contributed by atoms with Crippen molar-refractivity contribution >= 4 is 11.6 Å². The Balaban J connectivity index is 1.23. The van der Waals surface area contributed by atoms with Gasteiger partial charge >= 0.3 is 0 Å². The van der Waals surface area contributed by atoms with E-state index in [1.807, 2.05) is 11.0 Å². The zero-order valence-corrected chi connectivity index (χ0v) is 23.9. The van der Waals surface area contributed by atoms with E-state index in [2.05, 4.69) is 40.9 Å². The van der Waals surface area contributed by atoms with Crippen LogP contribution in [0.2, 0.25) is 0 Å². The number of benzene rings is 1. The Morgan fingerprint density at radius 1 is 1.07 bits per heavy atom. The van der Waals surface area contributed by atoms with Crippen LogP contribution < -0.4 is 15.0 Å². The first-order valence-electron chi connectivity index (χ1n) is 14.8. The second-order valence-corrected chi connectivity index (χ2v) is 12.3. The molecule has 2 saturated heterocycles. The van der Waals surface area contributed by atoms with Gasteiger partial charge in [0.2, 0.25) is 11.8 Å². The average Bonchev–Trinajstić information content (AvgIpc) is 3.78. The number of nitrogens with zero attached hydrogens (tertiary/aromatic N) is 4. The van der Waals surface area contributed by atoms with Crippen LogP contribution in [0.1, 0.15) is 44.7 Å². The predicted octanol–water partition coefficient (Wildman–Crippen LogP) is 3.09. The van der Waals surface area contributed by atoms with Gasteiger partial charge in [-0.3, -0.25) is 19.5 Å². The van der Waals surface area contributed by atoms with Gasteiger partial charge in [0.15, 0.2) is 0 Å². The third-order valence-electron chi connectivity index (χ3n) is 8.96. The molecule has 216 valence electrons. The molecule has 5 atom stereocenters. The predicted molar refractivity (Wildman–Crippen MR) is 152 cm³/mol. The topological polar surface area (TPSA) is 70.2 Å². The van der Waals surface area contributed by atoms with Gasteiger partial charge in [-0.15, -0.1) is 0 Å². The molecule has 6 rings (SSSR count). The van der Waals surface area contributed by atoms with Crippen LogP contribution in [-0.2, 0) is 16.0 Å². The summed E-state index contributed by atoms with van der Waals surface area (Å²) >= 11 is 0. The first-order chi connectivity index (χ1) is 19.4. The summed E-state index contributed by atoms with van der Waals surface area (Å²) < 4.78 is 25.3. The van der Waals surface area contributed by atoms with Crippen molar-refractivity contribution in [1.82, 2.24) is 20.1 Å². The molecule has 1 saturated carbocycles. The first kappa shape index (κ1) is 27.6. The summed E-state index contributed by atoms with van der Waals surface area (Å²) in [7, 11) is 0. The highest BCUT2D eigenvalue weighted by Crippen LogP contribution is 2.42. The van der Waals surface area contributed by atoms with Crippen LogP contribution in [0.5, 0.6) is 5.88 Å². The normalized spacial score (nSPS) is 29.6. The lowest BCUT2D eigenvalue weighted by atomic mass is 10.0. The summed E-state index contributed by atoms with van der Waals surface area (Å²) in [4.78, 5) is 25.8. The number of carbonyl (C=O) groups excluding carboxylic acids is 1. The fourth-order valence-corrected chi connectivity index (χ4v) is 6.56. The fourth-order valence-electron chi connectivity index (χ4n) is 6.56. The van der Waals surface area contributed by atoms with E-state index in [9.17, 15) is 9.18 Å². The van der Waals surface area contributed by atoms with E-state index in [0.29, 0.717) is 49.5 Å². The van der Waals surface area contributed by atoms with E-state index in [1.54, 1.807) is 18.3 Å². The molecule has 4 heterocycles. The summed E-state index contributed by atoms with van der Waals surface area (Å²) in [5.74, 6) is 0.854. The number of carbonyl (C=O) groups is 1. The molecular weight excluding hydrogens is 509 g/mol. The smallest absolute Gasteiger partial charge is 0.241 e. The third kappa shape index (κ3) is 6.03. The zero-order valence-electron chi connectivity index (χ0n) is 23.9. The van der Waals surface area contributed by atoms with E-state index in [4.69, 9.17) is 9.47 Å². The number of aromatic nitrogens is 1. The molecule has 1 aromatic carbocycles. The Labute approximate surface area is 236 Å². The molecule has 0 bridgehead atoms. The van der Waals surface area contributed by atoms with Crippen molar-refractivity contribution in [3.05, 3.63) is 53.5 Å². The molecule has 3 aliphatic heterocycles. The van der Waals surface area contributed by atoms with Gasteiger partial charge in [-0.1, -0.05) is 12.1 Å². The molecule has 0 unspecified atom stereocenters. The van der Waals surface area contributed by atoms with Crippen molar-refractivity contribution in [2.24, 2.45) is 5.92 Å². The lowest BCUT2D eigenvalue weighted by Gasteiger charge is -2.46. The molecule has 0 radical (unpaired) electrons. The quantitative estimate of drug-likeness (QED) is 0.567. The fraction of sp³-hybridized carbons (Fsp3) is 0.613. The third-order valence-corrected chi connectivity index (χ3v) is 8.96. The maximum atomic E-state index is 14.3. The van der Waals surface area contributed by atoms with Gasteiger partial charge in [-0.2, -0.15) is 0 Å². The maximum Gasteiger partial charge on any atom is 0.241 e. The van der Waals surface area contributed by atoms with Gasteiger partial charge in [0.05, 0.1) is 25.8 Å². The summed E-state index contributed by atoms with van der Waals surface area (Å²) in [6, 6.07) is 9.90. The highest BCUT2D eigenvalue weighted by atomic mass is 19.1. The molecule has 2 aromatic rings. The van der Waals surface area contributed by atoms with Gasteiger partial charge < -0.3 is 14.8 Å². The summed E-state index contributed by atoms with van der Waals surface area (Å²) in [6.07, 6.45) is 4.66. The minimum Gasteiger partial charge on any atom is -0.474 e. The molecule has 1 aliphatic carbocycles. The van der Waals surface area contributed by atoms with Crippen LogP contribution in [0.25, 0.3) is 0 Å². The molecule has 3 fully saturated rings. The van der Waals surface area contributed by atoms with Crippen LogP contribution in [0.4, 0.5) is 10.1 Å². The molecule has 8 nitrogen and oxygen atoms in total. The van der Waals surface area contributed by atoms with Crippen LogP contribution in [-0.4, -0.2) is 96.9 Å². The number of amides is 1. The Kier molecular flexibility index (Phi) is 8.08. The van der Waals surface area contributed by atoms with Crippen molar-refractivity contribution in [1.29, 1.82) is 0 Å². The summed E-state index contributed by atoms with van der Waals surface area (Å²) in [5.41, 5.74) is 2.75. The van der Waals surface area contributed by atoms with Gasteiger partial charge in [0.25, 0.3) is 0 Å². The lowest BCUT2D eigenvalue weighted by Crippen LogP contribution is -2.63. The second-order valence-electron chi connectivity index (χ2n) is 12.3. The average molecular weight is 552 g/mol. The van der Waals surface area contributed by atoms with Crippen molar-refractivity contribution in [3.8, 4) is 5.88 Å². The van der Waals surface area contributed by atoms with Crippen LogP contribution in [0, 0.1) is 11.7 Å². The number of pyridine rings is 1. The lowest BCUT2D eigenvalue weighted by molar-refractivity contribution is -0.122. The highest BCUT2D eigenvalue weighted by molar-refractivity contribution is 5.97. The minimum absolute atomic E-state index is 0.0287. The van der Waals surface area contributed by atoms with Crippen molar-refractivity contribution in [2.45, 2.75) is 70.2 Å². The molecule has 4 aliphatic rings. The molecule has 1 amide bonds. The molecular formula is C31H42FN5O3. The van der Waals surface area contributed by atoms with E-state index in [0.717, 1.165) is 62.5 Å². The number of piperazine rings is 1. The standard InChI is InChI=1S/C31H42FN5O3/c1-20-14-35(27(13-33-20)15-36-21(2)17-39-18-22(36)3)16-30(38)37-28-11-24(10-23-4-8-26(32)9-5-23)12-34-31(28)40-19-29(37)25-6-7-25/h4-5,8-9,11-12,20-22,25,27,29,33H,6-7,10,13-19H2,1-3H3/t20-,21-,22-,27-,29-/m1/s1. The van der Waals surface area contributed by atoms with E-state index < -0.39 is 0 Å². The van der Waals surface area contributed by atoms with Crippen molar-refractivity contribution < 1.29 is 18.7 Å². The largest absolute Gasteiger partial charge is 0.474 e. The number of halogens is 1. The second kappa shape index (κ2) is 11.7. The number of hydrogen-bond acceptors (Lipinski definition) is 7. The van der Waals surface area contributed by atoms with Crippen LogP contribution >= 0.6 is 0 Å². The molecule has 40 heavy (non-hydrogen) atoms. The molecule has 1 N–H and O–H groups in total. The molecule has 1 aromatic heterocycles. The van der Waals surface area contributed by atoms with Crippen LogP contribution in [0.15, 0.2) is 36.5 Å². The molecule has 9 heteroatoms. The van der Waals surface area contributed by atoms with Gasteiger partial charge in [-0.25, -0.2) is 9.37 Å². The summed E-state index contributed by atoms with van der Waals surface area (Å²) in [5, 5.41) is 3.64.